The molecule has 2 aromatic rings. The Kier molecular flexibility index (Phi) is 5.46. The van der Waals surface area contributed by atoms with Crippen LogP contribution in [0.2, 0.25) is 5.02 Å². The lowest BCUT2D eigenvalue weighted by Gasteiger charge is -2.25. The van der Waals surface area contributed by atoms with Gasteiger partial charge in [-0.05, 0) is 37.9 Å². The smallest absolute Gasteiger partial charge is 0.254 e. The van der Waals surface area contributed by atoms with Crippen LogP contribution in [0, 0.1) is 5.82 Å². The predicted molar refractivity (Wildman–Crippen MR) is 84.4 cm³/mol. The first-order valence-corrected chi connectivity index (χ1v) is 7.16. The van der Waals surface area contributed by atoms with Crippen LogP contribution in [0.1, 0.15) is 22.0 Å². The lowest BCUT2D eigenvalue weighted by Crippen LogP contribution is -2.34. The number of benzene rings is 1. The average Bonchev–Trinajstić information content (AvgIpc) is 2.49. The molecule has 0 saturated heterocycles. The summed E-state index contributed by atoms with van der Waals surface area (Å²) in [7, 11) is 3.83. The van der Waals surface area contributed by atoms with Crippen LogP contribution in [0.3, 0.4) is 0 Å². The molecular formula is C16H17ClFN3O. The Balaban J connectivity index is 2.08. The van der Waals surface area contributed by atoms with Gasteiger partial charge in [-0.2, -0.15) is 0 Å². The average molecular weight is 322 g/mol. The number of hydrogen-bond acceptors (Lipinski definition) is 3. The minimum absolute atomic E-state index is 0.0105. The molecule has 1 atom stereocenters. The number of rotatable bonds is 5. The van der Waals surface area contributed by atoms with Crippen LogP contribution in [0.15, 0.2) is 42.7 Å². The molecule has 1 aromatic heterocycles. The SMILES string of the molecule is CN(C)[C@H](CNC(=O)c1ccncc1F)c1ccc(Cl)cc1. The minimum atomic E-state index is -0.632. The predicted octanol–water partition coefficient (Wildman–Crippen LogP) is 2.91. The molecule has 0 aliphatic carbocycles. The molecule has 1 aromatic carbocycles. The van der Waals surface area contributed by atoms with Crippen LogP contribution in [0.4, 0.5) is 4.39 Å². The zero-order chi connectivity index (χ0) is 16.1. The molecular weight excluding hydrogens is 305 g/mol. The third kappa shape index (κ3) is 4.02. The molecule has 0 unspecified atom stereocenters. The highest BCUT2D eigenvalue weighted by Gasteiger charge is 2.17. The van der Waals surface area contributed by atoms with Crippen molar-refractivity contribution >= 4 is 17.5 Å². The van der Waals surface area contributed by atoms with Gasteiger partial charge in [-0.25, -0.2) is 4.39 Å². The number of amides is 1. The van der Waals surface area contributed by atoms with Crippen LogP contribution in [-0.4, -0.2) is 36.4 Å². The molecule has 6 heteroatoms. The van der Waals surface area contributed by atoms with Crippen LogP contribution >= 0.6 is 11.6 Å². The second-order valence-corrected chi connectivity index (χ2v) is 5.53. The molecule has 2 rings (SSSR count). The summed E-state index contributed by atoms with van der Waals surface area (Å²) in [5, 5.41) is 3.41. The summed E-state index contributed by atoms with van der Waals surface area (Å²) < 4.78 is 13.5. The molecule has 116 valence electrons. The van der Waals surface area contributed by atoms with Crippen molar-refractivity contribution in [3.63, 3.8) is 0 Å². The standard InChI is InChI=1S/C16H17ClFN3O/c1-21(2)15(11-3-5-12(17)6-4-11)10-20-16(22)13-7-8-19-9-14(13)18/h3-9,15H,10H2,1-2H3,(H,20,22)/t15-/m1/s1. The van der Waals surface area contributed by atoms with Gasteiger partial charge in [0.2, 0.25) is 0 Å². The van der Waals surface area contributed by atoms with Gasteiger partial charge in [-0.1, -0.05) is 23.7 Å². The van der Waals surface area contributed by atoms with Gasteiger partial charge in [0.05, 0.1) is 17.8 Å². The Bertz CT molecular complexity index is 646. The molecule has 0 radical (unpaired) electrons. The topological polar surface area (TPSA) is 45.2 Å². The van der Waals surface area contributed by atoms with Crippen molar-refractivity contribution in [2.45, 2.75) is 6.04 Å². The number of pyridine rings is 1. The van der Waals surface area contributed by atoms with E-state index >= 15 is 0 Å². The maximum absolute atomic E-state index is 13.5. The second-order valence-electron chi connectivity index (χ2n) is 5.10. The van der Waals surface area contributed by atoms with Gasteiger partial charge < -0.3 is 10.2 Å². The summed E-state index contributed by atoms with van der Waals surface area (Å²) in [5.74, 6) is -1.09. The summed E-state index contributed by atoms with van der Waals surface area (Å²) in [5.41, 5.74) is 1.01. The van der Waals surface area contributed by atoms with E-state index in [1.165, 1.54) is 12.3 Å². The molecule has 0 saturated carbocycles. The lowest BCUT2D eigenvalue weighted by molar-refractivity contribution is 0.0937. The van der Waals surface area contributed by atoms with Gasteiger partial charge >= 0.3 is 0 Å². The zero-order valence-electron chi connectivity index (χ0n) is 12.4. The molecule has 0 fully saturated rings. The van der Waals surface area contributed by atoms with E-state index in [1.54, 1.807) is 12.1 Å². The maximum atomic E-state index is 13.5. The van der Waals surface area contributed by atoms with Crippen molar-refractivity contribution in [2.75, 3.05) is 20.6 Å². The van der Waals surface area contributed by atoms with Crippen LogP contribution in [-0.2, 0) is 0 Å². The van der Waals surface area contributed by atoms with Crippen molar-refractivity contribution < 1.29 is 9.18 Å². The fourth-order valence-electron chi connectivity index (χ4n) is 2.13. The van der Waals surface area contributed by atoms with Gasteiger partial charge in [0, 0.05) is 17.8 Å². The molecule has 0 bridgehead atoms. The van der Waals surface area contributed by atoms with Crippen molar-refractivity contribution in [1.82, 2.24) is 15.2 Å². The monoisotopic (exact) mass is 321 g/mol. The first kappa shape index (κ1) is 16.4. The summed E-state index contributed by atoms with van der Waals surface area (Å²) in [4.78, 5) is 17.7. The Labute approximate surface area is 133 Å². The van der Waals surface area contributed by atoms with E-state index in [-0.39, 0.29) is 11.6 Å². The minimum Gasteiger partial charge on any atom is -0.350 e. The first-order chi connectivity index (χ1) is 10.5. The van der Waals surface area contributed by atoms with Gasteiger partial charge in [0.25, 0.3) is 5.91 Å². The third-order valence-corrected chi connectivity index (χ3v) is 3.60. The number of likely N-dealkylation sites (N-methyl/N-ethyl adjacent to an activating group) is 1. The lowest BCUT2D eigenvalue weighted by atomic mass is 10.1. The molecule has 22 heavy (non-hydrogen) atoms. The van der Waals surface area contributed by atoms with Crippen LogP contribution in [0.5, 0.6) is 0 Å². The third-order valence-electron chi connectivity index (χ3n) is 3.35. The fourth-order valence-corrected chi connectivity index (χ4v) is 2.25. The molecule has 1 N–H and O–H groups in total. The van der Waals surface area contributed by atoms with Crippen LogP contribution < -0.4 is 5.32 Å². The fraction of sp³-hybridized carbons (Fsp3) is 0.250. The van der Waals surface area contributed by atoms with E-state index in [9.17, 15) is 9.18 Å². The van der Waals surface area contributed by atoms with E-state index in [0.29, 0.717) is 11.6 Å². The van der Waals surface area contributed by atoms with Crippen molar-refractivity contribution in [2.24, 2.45) is 0 Å². The maximum Gasteiger partial charge on any atom is 0.254 e. The molecule has 0 aliphatic rings. The summed E-state index contributed by atoms with van der Waals surface area (Å²) in [6, 6.07) is 8.75. The number of carbonyl (C=O) groups is 1. The van der Waals surface area contributed by atoms with Gasteiger partial charge in [0.1, 0.15) is 0 Å². The normalized spacial score (nSPS) is 12.2. The van der Waals surface area contributed by atoms with Crippen molar-refractivity contribution in [1.29, 1.82) is 0 Å². The number of nitrogens with zero attached hydrogens (tertiary/aromatic N) is 2. The van der Waals surface area contributed by atoms with E-state index in [4.69, 9.17) is 11.6 Å². The van der Waals surface area contributed by atoms with E-state index in [1.807, 2.05) is 31.1 Å². The van der Waals surface area contributed by atoms with Crippen molar-refractivity contribution in [3.8, 4) is 0 Å². The van der Waals surface area contributed by atoms with E-state index in [0.717, 1.165) is 11.8 Å². The molecule has 4 nitrogen and oxygen atoms in total. The Morgan fingerprint density at radius 2 is 2.00 bits per heavy atom. The number of halogens is 2. The molecule has 0 spiro atoms. The summed E-state index contributed by atoms with van der Waals surface area (Å²) in [6.45, 7) is 0.356. The number of carbonyl (C=O) groups excluding carboxylic acids is 1. The highest BCUT2D eigenvalue weighted by atomic mass is 35.5. The highest BCUT2D eigenvalue weighted by Crippen LogP contribution is 2.20. The summed E-state index contributed by atoms with van der Waals surface area (Å²) >= 11 is 5.89. The Morgan fingerprint density at radius 1 is 1.32 bits per heavy atom. The molecule has 1 heterocycles. The van der Waals surface area contributed by atoms with Gasteiger partial charge in [-0.15, -0.1) is 0 Å². The highest BCUT2D eigenvalue weighted by molar-refractivity contribution is 6.30. The molecule has 1 amide bonds. The Hall–Kier alpha value is -1.98. The van der Waals surface area contributed by atoms with Gasteiger partial charge in [-0.3, -0.25) is 9.78 Å². The van der Waals surface area contributed by atoms with Crippen molar-refractivity contribution in [3.05, 3.63) is 64.7 Å². The number of nitrogens with one attached hydrogen (secondary N) is 1. The van der Waals surface area contributed by atoms with E-state index < -0.39 is 11.7 Å². The number of hydrogen-bond donors (Lipinski definition) is 1. The van der Waals surface area contributed by atoms with Gasteiger partial charge in [0.15, 0.2) is 5.82 Å². The van der Waals surface area contributed by atoms with E-state index in [2.05, 4.69) is 10.3 Å². The second kappa shape index (κ2) is 7.33. The zero-order valence-corrected chi connectivity index (χ0v) is 13.1. The summed E-state index contributed by atoms with van der Waals surface area (Å²) in [6.07, 6.45) is 2.41. The Morgan fingerprint density at radius 3 is 2.59 bits per heavy atom. The molecule has 0 aliphatic heterocycles. The first-order valence-electron chi connectivity index (χ1n) is 6.78. The quantitative estimate of drug-likeness (QED) is 0.921. The number of aromatic nitrogens is 1. The largest absolute Gasteiger partial charge is 0.350 e. The van der Waals surface area contributed by atoms with Crippen LogP contribution in [0.25, 0.3) is 0 Å².